The summed E-state index contributed by atoms with van der Waals surface area (Å²) in [6, 6.07) is 13.4. The molecule has 19 heavy (non-hydrogen) atoms. The molecule has 0 amide bonds. The van der Waals surface area contributed by atoms with Crippen LogP contribution in [0.15, 0.2) is 48.8 Å². The average Bonchev–Trinajstić information content (AvgIpc) is 2.49. The predicted octanol–water partition coefficient (Wildman–Crippen LogP) is 3.15. The van der Waals surface area contributed by atoms with Gasteiger partial charge in [-0.3, -0.25) is 4.98 Å². The Labute approximate surface area is 114 Å². The van der Waals surface area contributed by atoms with E-state index in [2.05, 4.69) is 47.7 Å². The van der Waals surface area contributed by atoms with Crippen LogP contribution in [0.4, 0.5) is 0 Å². The van der Waals surface area contributed by atoms with Crippen molar-refractivity contribution in [1.29, 1.82) is 0 Å². The number of nitrogens with zero attached hydrogens (tertiary/aromatic N) is 1. The summed E-state index contributed by atoms with van der Waals surface area (Å²) in [6.07, 6.45) is 7.43. The molecule has 0 saturated carbocycles. The van der Waals surface area contributed by atoms with Gasteiger partial charge in [0.2, 0.25) is 0 Å². The summed E-state index contributed by atoms with van der Waals surface area (Å²) in [5, 5.41) is 3.48. The van der Waals surface area contributed by atoms with Gasteiger partial charge in [-0.15, -0.1) is 0 Å². The first-order valence-electron chi connectivity index (χ1n) is 7.02. The zero-order valence-electron chi connectivity index (χ0n) is 11.3. The van der Waals surface area contributed by atoms with Crippen LogP contribution >= 0.6 is 0 Å². The number of aryl methyl sites for hydroxylation is 1. The molecule has 1 aliphatic rings. The normalized spacial score (nSPS) is 19.7. The van der Waals surface area contributed by atoms with E-state index in [1.807, 2.05) is 18.5 Å². The van der Waals surface area contributed by atoms with E-state index < -0.39 is 0 Å². The Hall–Kier alpha value is -1.67. The number of pyridine rings is 1. The molecule has 1 aromatic heterocycles. The molecule has 98 valence electrons. The maximum absolute atomic E-state index is 4.25. The van der Waals surface area contributed by atoms with Gasteiger partial charge in [0.25, 0.3) is 0 Å². The fourth-order valence-corrected chi connectivity index (χ4v) is 3.24. The Bertz CT molecular complexity index is 536. The van der Waals surface area contributed by atoms with Crippen LogP contribution in [0.2, 0.25) is 0 Å². The first kappa shape index (κ1) is 12.4. The molecule has 0 spiro atoms. The zero-order chi connectivity index (χ0) is 13.1. The largest absolute Gasteiger partial charge is 0.313 e. The van der Waals surface area contributed by atoms with E-state index in [1.54, 1.807) is 0 Å². The highest BCUT2D eigenvalue weighted by atomic mass is 14.9. The summed E-state index contributed by atoms with van der Waals surface area (Å²) < 4.78 is 0. The Morgan fingerprint density at radius 1 is 1.16 bits per heavy atom. The minimum Gasteiger partial charge on any atom is -0.313 e. The highest BCUT2D eigenvalue weighted by Gasteiger charge is 2.26. The third-order valence-electron chi connectivity index (χ3n) is 4.21. The number of hydrogen-bond acceptors (Lipinski definition) is 2. The lowest BCUT2D eigenvalue weighted by atomic mass is 9.78. The van der Waals surface area contributed by atoms with Crippen molar-refractivity contribution >= 4 is 0 Å². The summed E-state index contributed by atoms with van der Waals surface area (Å²) in [4.78, 5) is 4.25. The smallest absolute Gasteiger partial charge is 0.0364 e. The van der Waals surface area contributed by atoms with Crippen LogP contribution in [0.5, 0.6) is 0 Å². The molecule has 0 fully saturated rings. The monoisotopic (exact) mass is 252 g/mol. The maximum atomic E-state index is 4.25. The van der Waals surface area contributed by atoms with Crippen LogP contribution in [0, 0.1) is 5.92 Å². The first-order chi connectivity index (χ1) is 9.38. The van der Waals surface area contributed by atoms with Gasteiger partial charge in [-0.1, -0.05) is 30.3 Å². The topological polar surface area (TPSA) is 24.9 Å². The van der Waals surface area contributed by atoms with E-state index in [9.17, 15) is 0 Å². The Kier molecular flexibility index (Phi) is 3.60. The van der Waals surface area contributed by atoms with E-state index in [1.165, 1.54) is 29.5 Å². The maximum Gasteiger partial charge on any atom is 0.0364 e. The SMILES string of the molecule is CNC(c1cccnc1)C1CCc2ccccc2C1. The van der Waals surface area contributed by atoms with Crippen molar-refractivity contribution in [1.82, 2.24) is 10.3 Å². The van der Waals surface area contributed by atoms with Crippen molar-refractivity contribution in [3.05, 3.63) is 65.5 Å². The van der Waals surface area contributed by atoms with Crippen molar-refractivity contribution < 1.29 is 0 Å². The van der Waals surface area contributed by atoms with E-state index >= 15 is 0 Å². The van der Waals surface area contributed by atoms with E-state index in [0.29, 0.717) is 12.0 Å². The molecular weight excluding hydrogens is 232 g/mol. The number of fused-ring (bicyclic) bond motifs is 1. The number of nitrogens with one attached hydrogen (secondary N) is 1. The summed E-state index contributed by atoms with van der Waals surface area (Å²) in [6.45, 7) is 0. The second-order valence-electron chi connectivity index (χ2n) is 5.32. The van der Waals surface area contributed by atoms with Gasteiger partial charge in [-0.2, -0.15) is 0 Å². The van der Waals surface area contributed by atoms with Crippen molar-refractivity contribution in [2.45, 2.75) is 25.3 Å². The van der Waals surface area contributed by atoms with Gasteiger partial charge in [0.15, 0.2) is 0 Å². The molecule has 2 aromatic rings. The number of rotatable bonds is 3. The van der Waals surface area contributed by atoms with Gasteiger partial charge >= 0.3 is 0 Å². The molecule has 1 N–H and O–H groups in total. The van der Waals surface area contributed by atoms with E-state index in [0.717, 1.165) is 6.42 Å². The number of benzene rings is 1. The third kappa shape index (κ3) is 2.54. The molecule has 1 heterocycles. The average molecular weight is 252 g/mol. The Morgan fingerprint density at radius 2 is 2.00 bits per heavy atom. The second-order valence-corrected chi connectivity index (χ2v) is 5.32. The minimum atomic E-state index is 0.405. The van der Waals surface area contributed by atoms with Crippen LogP contribution in [0.25, 0.3) is 0 Å². The molecule has 3 rings (SSSR count). The molecule has 0 aliphatic heterocycles. The van der Waals surface area contributed by atoms with Crippen molar-refractivity contribution in [3.8, 4) is 0 Å². The van der Waals surface area contributed by atoms with Gasteiger partial charge < -0.3 is 5.32 Å². The van der Waals surface area contributed by atoms with Crippen molar-refractivity contribution in [2.24, 2.45) is 5.92 Å². The van der Waals surface area contributed by atoms with Crippen LogP contribution in [0.3, 0.4) is 0 Å². The summed E-state index contributed by atoms with van der Waals surface area (Å²) >= 11 is 0. The highest BCUT2D eigenvalue weighted by Crippen LogP contribution is 2.33. The highest BCUT2D eigenvalue weighted by molar-refractivity contribution is 5.31. The van der Waals surface area contributed by atoms with Gasteiger partial charge in [0.05, 0.1) is 0 Å². The third-order valence-corrected chi connectivity index (χ3v) is 4.21. The number of hydrogen-bond donors (Lipinski definition) is 1. The van der Waals surface area contributed by atoms with Gasteiger partial charge in [-0.25, -0.2) is 0 Å². The van der Waals surface area contributed by atoms with Crippen LogP contribution in [-0.4, -0.2) is 12.0 Å². The second kappa shape index (κ2) is 5.54. The lowest BCUT2D eigenvalue weighted by Crippen LogP contribution is -2.29. The van der Waals surface area contributed by atoms with Crippen molar-refractivity contribution in [2.75, 3.05) is 7.05 Å². The molecular formula is C17H20N2. The van der Waals surface area contributed by atoms with Gasteiger partial charge in [-0.05, 0) is 55.0 Å². The Morgan fingerprint density at radius 3 is 2.74 bits per heavy atom. The fourth-order valence-electron chi connectivity index (χ4n) is 3.24. The predicted molar refractivity (Wildman–Crippen MR) is 78.0 cm³/mol. The lowest BCUT2D eigenvalue weighted by molar-refractivity contribution is 0.341. The molecule has 2 unspecified atom stereocenters. The molecule has 0 bridgehead atoms. The minimum absolute atomic E-state index is 0.405. The quantitative estimate of drug-likeness (QED) is 0.907. The van der Waals surface area contributed by atoms with Gasteiger partial charge in [0, 0.05) is 18.4 Å². The van der Waals surface area contributed by atoms with Crippen LogP contribution in [0.1, 0.15) is 29.2 Å². The zero-order valence-corrected chi connectivity index (χ0v) is 11.3. The molecule has 2 nitrogen and oxygen atoms in total. The van der Waals surface area contributed by atoms with Crippen LogP contribution in [-0.2, 0) is 12.8 Å². The molecule has 0 saturated heterocycles. The Balaban J connectivity index is 1.83. The molecule has 2 atom stereocenters. The van der Waals surface area contributed by atoms with Crippen LogP contribution < -0.4 is 5.32 Å². The fraction of sp³-hybridized carbons (Fsp3) is 0.353. The van der Waals surface area contributed by atoms with E-state index in [4.69, 9.17) is 0 Å². The molecule has 1 aromatic carbocycles. The summed E-state index contributed by atoms with van der Waals surface area (Å²) in [7, 11) is 2.05. The first-order valence-corrected chi connectivity index (χ1v) is 7.02. The molecule has 1 aliphatic carbocycles. The van der Waals surface area contributed by atoms with Crippen molar-refractivity contribution in [3.63, 3.8) is 0 Å². The van der Waals surface area contributed by atoms with Gasteiger partial charge in [0.1, 0.15) is 0 Å². The molecule has 2 heteroatoms. The molecule has 0 radical (unpaired) electrons. The summed E-state index contributed by atoms with van der Waals surface area (Å²) in [5.41, 5.74) is 4.34. The summed E-state index contributed by atoms with van der Waals surface area (Å²) in [5.74, 6) is 0.657. The number of aromatic nitrogens is 1. The van der Waals surface area contributed by atoms with E-state index in [-0.39, 0.29) is 0 Å². The lowest BCUT2D eigenvalue weighted by Gasteiger charge is -2.31. The standard InChI is InChI=1S/C17H20N2/c1-18-17(16-7-4-10-19-12-16)15-9-8-13-5-2-3-6-14(13)11-15/h2-7,10,12,15,17-18H,8-9,11H2,1H3.